The Morgan fingerprint density at radius 1 is 1.03 bits per heavy atom. The predicted octanol–water partition coefficient (Wildman–Crippen LogP) is 3.78. The van der Waals surface area contributed by atoms with Crippen LogP contribution in [-0.2, 0) is 9.59 Å². The quantitative estimate of drug-likeness (QED) is 0.313. The van der Waals surface area contributed by atoms with E-state index in [1.165, 1.54) is 12.0 Å². The Morgan fingerprint density at radius 3 is 2.31 bits per heavy atom. The highest BCUT2D eigenvalue weighted by Gasteiger charge is 2.46. The summed E-state index contributed by atoms with van der Waals surface area (Å²) in [4.78, 5) is 29.9. The van der Waals surface area contributed by atoms with Gasteiger partial charge < -0.3 is 29.1 Å². The van der Waals surface area contributed by atoms with E-state index in [0.717, 1.165) is 12.1 Å². The van der Waals surface area contributed by atoms with Crippen molar-refractivity contribution in [3.8, 4) is 17.2 Å². The topological polar surface area (TPSA) is 88.5 Å². The maximum absolute atomic E-state index is 13.2. The molecule has 1 unspecified atom stereocenters. The Morgan fingerprint density at radius 2 is 1.71 bits per heavy atom. The van der Waals surface area contributed by atoms with E-state index in [1.54, 1.807) is 43.5 Å². The van der Waals surface area contributed by atoms with Gasteiger partial charge in [0.15, 0.2) is 11.5 Å². The number of methoxy groups -OCH3 is 2. The summed E-state index contributed by atoms with van der Waals surface area (Å²) in [5, 5.41) is 11.3. The zero-order valence-corrected chi connectivity index (χ0v) is 21.3. The Bertz CT molecular complexity index is 1120. The number of ketones is 1. The smallest absolute Gasteiger partial charge is 0.295 e. The van der Waals surface area contributed by atoms with E-state index in [1.807, 2.05) is 32.8 Å². The van der Waals surface area contributed by atoms with E-state index in [2.05, 4.69) is 0 Å². The summed E-state index contributed by atoms with van der Waals surface area (Å²) in [6, 6.07) is 9.70. The van der Waals surface area contributed by atoms with Crippen LogP contribution in [0.25, 0.3) is 5.76 Å². The molecule has 3 rings (SSSR count). The molecule has 1 N–H and O–H groups in total. The summed E-state index contributed by atoms with van der Waals surface area (Å²) in [7, 11) is 6.97. The second-order valence-corrected chi connectivity index (χ2v) is 8.68. The first-order valence-corrected chi connectivity index (χ1v) is 11.6. The van der Waals surface area contributed by atoms with Crippen LogP contribution in [0.3, 0.4) is 0 Å². The summed E-state index contributed by atoms with van der Waals surface area (Å²) in [6.07, 6.45) is 0.673. The lowest BCUT2D eigenvalue weighted by atomic mass is 9.94. The number of hydrogen-bond acceptors (Lipinski definition) is 7. The molecule has 0 spiro atoms. The van der Waals surface area contributed by atoms with E-state index in [0.29, 0.717) is 47.9 Å². The molecule has 2 aromatic carbocycles. The van der Waals surface area contributed by atoms with Crippen LogP contribution in [-0.4, -0.2) is 74.6 Å². The molecular weight excluding hydrogens is 448 g/mol. The minimum absolute atomic E-state index is 0.0515. The molecule has 1 amide bonds. The largest absolute Gasteiger partial charge is 0.507 e. The molecule has 0 radical (unpaired) electrons. The molecule has 35 heavy (non-hydrogen) atoms. The number of aliphatic hydroxyl groups is 1. The fourth-order valence-corrected chi connectivity index (χ4v) is 4.31. The van der Waals surface area contributed by atoms with Crippen LogP contribution in [0.1, 0.15) is 36.1 Å². The Balaban J connectivity index is 2.14. The van der Waals surface area contributed by atoms with E-state index in [-0.39, 0.29) is 11.3 Å². The van der Waals surface area contributed by atoms with Gasteiger partial charge in [0.05, 0.1) is 32.4 Å². The standard InChI is InChI=1S/C27H34N2O6/c1-7-35-20-11-10-19(15-17(20)2)25(30)23-24(18-9-12-21(33-5)22(16-18)34-6)29(27(32)26(23)31)14-8-13-28(3)4/h9-12,15-16,24,30H,7-8,13-14H2,1-6H3. The molecule has 0 aromatic heterocycles. The zero-order chi connectivity index (χ0) is 25.7. The highest BCUT2D eigenvalue weighted by Crippen LogP contribution is 2.42. The summed E-state index contributed by atoms with van der Waals surface area (Å²) in [5.74, 6) is 0.143. The lowest BCUT2D eigenvalue weighted by Gasteiger charge is -2.26. The van der Waals surface area contributed by atoms with Crippen molar-refractivity contribution in [3.05, 3.63) is 58.7 Å². The maximum Gasteiger partial charge on any atom is 0.295 e. The second-order valence-electron chi connectivity index (χ2n) is 8.68. The molecule has 8 heteroatoms. The van der Waals surface area contributed by atoms with Gasteiger partial charge in [0.1, 0.15) is 11.5 Å². The number of amides is 1. The molecule has 1 atom stereocenters. The van der Waals surface area contributed by atoms with Gasteiger partial charge in [-0.2, -0.15) is 0 Å². The van der Waals surface area contributed by atoms with Crippen LogP contribution in [0.15, 0.2) is 42.0 Å². The summed E-state index contributed by atoms with van der Waals surface area (Å²) in [6.45, 7) is 5.39. The summed E-state index contributed by atoms with van der Waals surface area (Å²) >= 11 is 0. The van der Waals surface area contributed by atoms with Gasteiger partial charge in [-0.15, -0.1) is 0 Å². The maximum atomic E-state index is 13.2. The van der Waals surface area contributed by atoms with Crippen molar-refractivity contribution in [3.63, 3.8) is 0 Å². The van der Waals surface area contributed by atoms with Crippen LogP contribution < -0.4 is 14.2 Å². The number of Topliss-reactive ketones (excluding diaryl/α,β-unsaturated/α-hetero) is 1. The number of rotatable bonds is 10. The number of aliphatic hydroxyl groups excluding tert-OH is 1. The van der Waals surface area contributed by atoms with E-state index < -0.39 is 17.7 Å². The third kappa shape index (κ3) is 5.43. The molecule has 0 bridgehead atoms. The van der Waals surface area contributed by atoms with Crippen LogP contribution in [0.2, 0.25) is 0 Å². The molecule has 0 aliphatic carbocycles. The van der Waals surface area contributed by atoms with Crippen molar-refractivity contribution in [2.45, 2.75) is 26.3 Å². The molecule has 188 valence electrons. The Labute approximate surface area is 206 Å². The van der Waals surface area contributed by atoms with Crippen LogP contribution in [0, 0.1) is 6.92 Å². The van der Waals surface area contributed by atoms with Gasteiger partial charge in [-0.3, -0.25) is 9.59 Å². The fourth-order valence-electron chi connectivity index (χ4n) is 4.31. The molecule has 1 aliphatic heterocycles. The molecule has 2 aromatic rings. The van der Waals surface area contributed by atoms with Crippen molar-refractivity contribution in [2.75, 3.05) is 48.0 Å². The molecular formula is C27H34N2O6. The van der Waals surface area contributed by atoms with Crippen LogP contribution in [0.5, 0.6) is 17.2 Å². The normalized spacial score (nSPS) is 17.2. The molecule has 0 saturated carbocycles. The van der Waals surface area contributed by atoms with E-state index >= 15 is 0 Å². The molecule has 1 fully saturated rings. The molecule has 1 aliphatic rings. The lowest BCUT2D eigenvalue weighted by Crippen LogP contribution is -2.32. The number of hydrogen-bond donors (Lipinski definition) is 1. The highest BCUT2D eigenvalue weighted by atomic mass is 16.5. The number of likely N-dealkylation sites (tertiary alicyclic amines) is 1. The van der Waals surface area contributed by atoms with Gasteiger partial charge in [-0.05, 0) is 82.4 Å². The van der Waals surface area contributed by atoms with Crippen molar-refractivity contribution in [1.29, 1.82) is 0 Å². The van der Waals surface area contributed by atoms with Gasteiger partial charge in [0.25, 0.3) is 11.7 Å². The van der Waals surface area contributed by atoms with Gasteiger partial charge in [0.2, 0.25) is 0 Å². The summed E-state index contributed by atoms with van der Waals surface area (Å²) < 4.78 is 16.4. The summed E-state index contributed by atoms with van der Waals surface area (Å²) in [5.41, 5.74) is 1.97. The van der Waals surface area contributed by atoms with Gasteiger partial charge in [-0.1, -0.05) is 6.07 Å². The first-order valence-electron chi connectivity index (χ1n) is 11.6. The number of carbonyl (C=O) groups excluding carboxylic acids is 2. The molecule has 1 heterocycles. The number of nitrogens with zero attached hydrogens (tertiary/aromatic N) is 2. The first-order chi connectivity index (χ1) is 16.7. The van der Waals surface area contributed by atoms with Crippen LogP contribution >= 0.6 is 0 Å². The average Bonchev–Trinajstić information content (AvgIpc) is 3.09. The first kappa shape index (κ1) is 26.1. The third-order valence-electron chi connectivity index (χ3n) is 6.02. The van der Waals surface area contributed by atoms with Crippen molar-refractivity contribution < 1.29 is 28.9 Å². The minimum Gasteiger partial charge on any atom is -0.507 e. The van der Waals surface area contributed by atoms with Crippen molar-refractivity contribution in [1.82, 2.24) is 9.80 Å². The van der Waals surface area contributed by atoms with Crippen LogP contribution in [0.4, 0.5) is 0 Å². The third-order valence-corrected chi connectivity index (χ3v) is 6.02. The minimum atomic E-state index is -0.760. The van der Waals surface area contributed by atoms with Gasteiger partial charge in [0, 0.05) is 12.1 Å². The van der Waals surface area contributed by atoms with Crippen molar-refractivity contribution in [2.24, 2.45) is 0 Å². The SMILES string of the molecule is CCOc1ccc(C(O)=C2C(=O)C(=O)N(CCCN(C)C)C2c2ccc(OC)c(OC)c2)cc1C. The van der Waals surface area contributed by atoms with Crippen molar-refractivity contribution >= 4 is 17.4 Å². The van der Waals surface area contributed by atoms with E-state index in [4.69, 9.17) is 14.2 Å². The number of ether oxygens (including phenoxy) is 3. The molecule has 1 saturated heterocycles. The predicted molar refractivity (Wildman–Crippen MR) is 134 cm³/mol. The fraction of sp³-hybridized carbons (Fsp3) is 0.407. The number of benzene rings is 2. The lowest BCUT2D eigenvalue weighted by molar-refractivity contribution is -0.139. The monoisotopic (exact) mass is 482 g/mol. The van der Waals surface area contributed by atoms with E-state index in [9.17, 15) is 14.7 Å². The van der Waals surface area contributed by atoms with Gasteiger partial charge >= 0.3 is 0 Å². The average molecular weight is 483 g/mol. The van der Waals surface area contributed by atoms with Gasteiger partial charge in [-0.25, -0.2) is 0 Å². The highest BCUT2D eigenvalue weighted by molar-refractivity contribution is 6.46. The Hall–Kier alpha value is -3.52. The number of carbonyl (C=O) groups is 2. The molecule has 8 nitrogen and oxygen atoms in total. The second kappa shape index (κ2) is 11.3. The number of aryl methyl sites for hydroxylation is 1. The Kier molecular flexibility index (Phi) is 8.40. The zero-order valence-electron chi connectivity index (χ0n) is 21.3.